The summed E-state index contributed by atoms with van der Waals surface area (Å²) in [5.41, 5.74) is 3.90. The summed E-state index contributed by atoms with van der Waals surface area (Å²) in [6.45, 7) is 4.56. The fraction of sp³-hybridized carbons (Fsp3) is 0.356. The van der Waals surface area contributed by atoms with E-state index in [9.17, 15) is 24.6 Å². The van der Waals surface area contributed by atoms with Crippen molar-refractivity contribution in [1.29, 1.82) is 0 Å². The minimum atomic E-state index is -0.837. The summed E-state index contributed by atoms with van der Waals surface area (Å²) in [5, 5.41) is 27.7. The number of aromatic nitrogens is 1. The second kappa shape index (κ2) is 19.0. The van der Waals surface area contributed by atoms with Crippen molar-refractivity contribution in [3.05, 3.63) is 141 Å². The first kappa shape index (κ1) is 39.5. The number of carbonyl (C=O) groups excluding carboxylic acids is 2. The zero-order valence-electron chi connectivity index (χ0n) is 31.9. The van der Waals surface area contributed by atoms with Crippen molar-refractivity contribution in [2.45, 2.75) is 50.4 Å². The van der Waals surface area contributed by atoms with Crippen LogP contribution in [0, 0.1) is 5.92 Å². The SMILES string of the molecule is O=C(NC(c1ccccc1)c1cccc(OCCc2ccc(C(=O)OCCCCNC[C@H](O)c3ccc(O)c4[nH]c(=O)ccc34)cc2)c1)O[C@H]1CN2CCC1CC2. The zero-order valence-corrected chi connectivity index (χ0v) is 31.9. The molecule has 4 aromatic carbocycles. The van der Waals surface area contributed by atoms with Gasteiger partial charge < -0.3 is 40.0 Å². The molecule has 4 heterocycles. The quantitative estimate of drug-likeness (QED) is 0.0558. The molecule has 0 aliphatic carbocycles. The number of carbonyl (C=O) groups is 2. The predicted octanol–water partition coefficient (Wildman–Crippen LogP) is 6.03. The number of piperidine rings is 3. The highest BCUT2D eigenvalue weighted by molar-refractivity contribution is 5.89. The predicted molar refractivity (Wildman–Crippen MR) is 217 cm³/mol. The molecule has 3 aliphatic rings. The van der Waals surface area contributed by atoms with Crippen LogP contribution in [-0.2, 0) is 15.9 Å². The maximum atomic E-state index is 13.2. The van der Waals surface area contributed by atoms with E-state index in [1.54, 1.807) is 24.3 Å². The fourth-order valence-corrected chi connectivity index (χ4v) is 7.71. The Morgan fingerprint density at radius 3 is 2.44 bits per heavy atom. The number of aliphatic hydroxyl groups is 1. The van der Waals surface area contributed by atoms with Gasteiger partial charge in [0.2, 0.25) is 5.56 Å². The number of aromatic amines is 1. The highest BCUT2D eigenvalue weighted by atomic mass is 16.6. The average molecular weight is 775 g/mol. The number of benzene rings is 4. The number of nitrogens with one attached hydrogen (secondary N) is 3. The van der Waals surface area contributed by atoms with Gasteiger partial charge in [0.05, 0.1) is 36.4 Å². The van der Waals surface area contributed by atoms with Crippen molar-refractivity contribution in [3.63, 3.8) is 0 Å². The molecule has 0 saturated carbocycles. The molecule has 2 bridgehead atoms. The molecule has 298 valence electrons. The van der Waals surface area contributed by atoms with Crippen LogP contribution in [0.1, 0.15) is 70.4 Å². The first-order chi connectivity index (χ1) is 27.8. The van der Waals surface area contributed by atoms with Crippen molar-refractivity contribution in [1.82, 2.24) is 20.5 Å². The molecule has 3 saturated heterocycles. The Morgan fingerprint density at radius 2 is 1.67 bits per heavy atom. The highest BCUT2D eigenvalue weighted by Crippen LogP contribution is 2.31. The first-order valence-electron chi connectivity index (χ1n) is 19.8. The van der Waals surface area contributed by atoms with Crippen molar-refractivity contribution in [2.24, 2.45) is 5.92 Å². The maximum absolute atomic E-state index is 13.2. The third-order valence-corrected chi connectivity index (χ3v) is 10.9. The van der Waals surface area contributed by atoms with Crippen molar-refractivity contribution < 1.29 is 34.0 Å². The van der Waals surface area contributed by atoms with E-state index in [0.717, 1.165) is 55.6 Å². The molecule has 3 aliphatic heterocycles. The number of aliphatic hydroxyl groups excluding tert-OH is 1. The molecule has 12 heteroatoms. The van der Waals surface area contributed by atoms with Crippen LogP contribution >= 0.6 is 0 Å². The number of phenols is 1. The standard InChI is InChI=1S/C45H50N4O8/c50-38-17-15-36(37-16-18-41(52)47-43(37)38)39(51)28-46-22-4-5-25-56-44(53)33-13-11-30(12-14-33)21-26-55-35-10-6-9-34(27-35)42(32-7-2-1-3-8-32)48-45(54)57-40-29-49-23-19-31(40)20-24-49/h1-3,6-18,27,31,39-40,42,46,50-51H,4-5,19-26,28-29H2,(H,47,52)(H,48,54)/t39-,40-,42?/m0/s1. The third kappa shape index (κ3) is 10.4. The molecule has 1 aromatic heterocycles. The summed E-state index contributed by atoms with van der Waals surface area (Å²) in [6.07, 6.45) is 2.84. The van der Waals surface area contributed by atoms with Gasteiger partial charge in [-0.25, -0.2) is 9.59 Å². The van der Waals surface area contributed by atoms with Crippen LogP contribution in [0.4, 0.5) is 4.79 Å². The summed E-state index contributed by atoms with van der Waals surface area (Å²) in [7, 11) is 0. The number of amides is 1. The number of ether oxygens (including phenoxy) is 3. The van der Waals surface area contributed by atoms with E-state index in [0.29, 0.717) is 59.7 Å². The van der Waals surface area contributed by atoms with E-state index in [-0.39, 0.29) is 36.5 Å². The largest absolute Gasteiger partial charge is 0.506 e. The van der Waals surface area contributed by atoms with Crippen LogP contribution in [0.3, 0.4) is 0 Å². The van der Waals surface area contributed by atoms with Crippen LogP contribution in [-0.4, -0.2) is 84.2 Å². The van der Waals surface area contributed by atoms with Crippen LogP contribution < -0.4 is 20.9 Å². The van der Waals surface area contributed by atoms with E-state index < -0.39 is 18.2 Å². The maximum Gasteiger partial charge on any atom is 0.408 e. The molecule has 0 spiro atoms. The lowest BCUT2D eigenvalue weighted by Gasteiger charge is -2.43. The molecule has 1 unspecified atom stereocenters. The number of alkyl carbamates (subject to hydrolysis) is 1. The van der Waals surface area contributed by atoms with Gasteiger partial charge in [0.15, 0.2) is 0 Å². The fourth-order valence-electron chi connectivity index (χ4n) is 7.71. The van der Waals surface area contributed by atoms with E-state index >= 15 is 0 Å². The molecule has 8 rings (SSSR count). The number of phenolic OH excluding ortho intramolecular Hbond substituents is 1. The number of unbranched alkanes of at least 4 members (excludes halogenated alkanes) is 1. The molecular weight excluding hydrogens is 725 g/mol. The molecule has 3 fully saturated rings. The van der Waals surface area contributed by atoms with Gasteiger partial charge in [0, 0.05) is 31.0 Å². The normalized spacial score (nSPS) is 18.4. The van der Waals surface area contributed by atoms with E-state index in [2.05, 4.69) is 20.5 Å². The summed E-state index contributed by atoms with van der Waals surface area (Å²) < 4.78 is 17.6. The minimum absolute atomic E-state index is 0.0521. The van der Waals surface area contributed by atoms with Crippen molar-refractivity contribution >= 4 is 23.0 Å². The number of hydrogen-bond acceptors (Lipinski definition) is 10. The minimum Gasteiger partial charge on any atom is -0.506 e. The summed E-state index contributed by atoms with van der Waals surface area (Å²) >= 11 is 0. The Balaban J connectivity index is 0.823. The Morgan fingerprint density at radius 1 is 0.877 bits per heavy atom. The summed E-state index contributed by atoms with van der Waals surface area (Å²) in [6, 6.07) is 30.6. The van der Waals surface area contributed by atoms with E-state index in [1.807, 2.05) is 66.7 Å². The van der Waals surface area contributed by atoms with Gasteiger partial charge in [-0.15, -0.1) is 0 Å². The van der Waals surface area contributed by atoms with Crippen LogP contribution in [0.5, 0.6) is 11.5 Å². The third-order valence-electron chi connectivity index (χ3n) is 10.9. The second-order valence-electron chi connectivity index (χ2n) is 14.8. The van der Waals surface area contributed by atoms with Gasteiger partial charge in [-0.05, 0) is 110 Å². The summed E-state index contributed by atoms with van der Waals surface area (Å²) in [5.74, 6) is 0.681. The highest BCUT2D eigenvalue weighted by Gasteiger charge is 2.37. The smallest absolute Gasteiger partial charge is 0.408 e. The molecule has 0 radical (unpaired) electrons. The molecule has 57 heavy (non-hydrogen) atoms. The van der Waals surface area contributed by atoms with E-state index in [4.69, 9.17) is 14.2 Å². The van der Waals surface area contributed by atoms with Gasteiger partial charge in [-0.1, -0.05) is 60.7 Å². The average Bonchev–Trinajstić information content (AvgIpc) is 3.23. The molecular formula is C45H50N4O8. The van der Waals surface area contributed by atoms with E-state index in [1.165, 1.54) is 12.1 Å². The first-order valence-corrected chi connectivity index (χ1v) is 19.8. The lowest BCUT2D eigenvalue weighted by atomic mass is 9.86. The molecule has 5 N–H and O–H groups in total. The van der Waals surface area contributed by atoms with Crippen LogP contribution in [0.15, 0.2) is 108 Å². The number of pyridine rings is 1. The lowest BCUT2D eigenvalue weighted by Crippen LogP contribution is -2.52. The number of esters is 1. The summed E-state index contributed by atoms with van der Waals surface area (Å²) in [4.78, 5) is 42.5. The number of fused-ring (bicyclic) bond motifs is 4. The molecule has 5 aromatic rings. The molecule has 3 atom stereocenters. The Kier molecular flexibility index (Phi) is 13.2. The van der Waals surface area contributed by atoms with Gasteiger partial charge in [0.1, 0.15) is 17.6 Å². The molecule has 12 nitrogen and oxygen atoms in total. The van der Waals surface area contributed by atoms with Crippen LogP contribution in [0.2, 0.25) is 0 Å². The number of nitrogens with zero attached hydrogens (tertiary/aromatic N) is 1. The lowest BCUT2D eigenvalue weighted by molar-refractivity contribution is -0.0336. The molecule has 1 amide bonds. The Hall–Kier alpha value is -5.69. The van der Waals surface area contributed by atoms with Crippen LogP contribution in [0.25, 0.3) is 10.9 Å². The van der Waals surface area contributed by atoms with Gasteiger partial charge in [0.25, 0.3) is 0 Å². The Bertz CT molecular complexity index is 2170. The van der Waals surface area contributed by atoms with Gasteiger partial charge in [-0.3, -0.25) is 9.69 Å². The monoisotopic (exact) mass is 774 g/mol. The zero-order chi connectivity index (χ0) is 39.6. The number of hydrogen-bond donors (Lipinski definition) is 5. The second-order valence-corrected chi connectivity index (χ2v) is 14.8. The number of rotatable bonds is 17. The Labute approximate surface area is 331 Å². The number of aromatic hydroxyl groups is 1. The van der Waals surface area contributed by atoms with Gasteiger partial charge in [-0.2, -0.15) is 0 Å². The van der Waals surface area contributed by atoms with Gasteiger partial charge >= 0.3 is 12.1 Å². The number of H-pyrrole nitrogens is 1. The van der Waals surface area contributed by atoms with Crippen molar-refractivity contribution in [2.75, 3.05) is 45.9 Å². The topological polar surface area (TPSA) is 162 Å². The van der Waals surface area contributed by atoms with Crippen molar-refractivity contribution in [3.8, 4) is 11.5 Å².